The number of hydrogen-bond donors (Lipinski definition) is 1. The second-order valence-electron chi connectivity index (χ2n) is 5.47. The number of aromatic nitrogens is 2. The first-order valence-corrected chi connectivity index (χ1v) is 8.20. The summed E-state index contributed by atoms with van der Waals surface area (Å²) in [7, 11) is 0. The summed E-state index contributed by atoms with van der Waals surface area (Å²) in [5.41, 5.74) is 4.03. The number of rotatable bonds is 8. The van der Waals surface area contributed by atoms with Crippen molar-refractivity contribution in [3.63, 3.8) is 0 Å². The fourth-order valence-electron chi connectivity index (χ4n) is 1.92. The van der Waals surface area contributed by atoms with E-state index in [0.717, 1.165) is 36.6 Å². The van der Waals surface area contributed by atoms with Crippen LogP contribution in [0, 0.1) is 12.8 Å². The zero-order valence-electron chi connectivity index (χ0n) is 12.9. The van der Waals surface area contributed by atoms with Crippen LogP contribution < -0.4 is 10.1 Å². The lowest BCUT2D eigenvalue weighted by Crippen LogP contribution is -2.19. The topological polar surface area (TPSA) is 47.0 Å². The van der Waals surface area contributed by atoms with Gasteiger partial charge < -0.3 is 10.1 Å². The number of aryl methyl sites for hydroxylation is 1. The summed E-state index contributed by atoms with van der Waals surface area (Å²) >= 11 is 1.68. The van der Waals surface area contributed by atoms with E-state index in [1.54, 1.807) is 17.5 Å². The molecule has 0 unspecified atom stereocenters. The van der Waals surface area contributed by atoms with Crippen molar-refractivity contribution in [2.75, 3.05) is 13.2 Å². The van der Waals surface area contributed by atoms with Gasteiger partial charge in [-0.1, -0.05) is 13.8 Å². The molecule has 2 heterocycles. The average molecular weight is 305 g/mol. The normalized spacial score (nSPS) is 11.0. The Kier molecular flexibility index (Phi) is 6.14. The molecule has 0 radical (unpaired) electrons. The lowest BCUT2D eigenvalue weighted by Gasteiger charge is -2.08. The van der Waals surface area contributed by atoms with Gasteiger partial charge in [-0.2, -0.15) is 0 Å². The third kappa shape index (κ3) is 5.44. The Morgan fingerprint density at radius 1 is 1.29 bits per heavy atom. The van der Waals surface area contributed by atoms with E-state index in [-0.39, 0.29) is 0 Å². The molecule has 4 nitrogen and oxygen atoms in total. The molecule has 2 aromatic rings. The van der Waals surface area contributed by atoms with Gasteiger partial charge in [0.25, 0.3) is 0 Å². The molecule has 0 aliphatic carbocycles. The molecule has 1 N–H and O–H groups in total. The summed E-state index contributed by atoms with van der Waals surface area (Å²) in [4.78, 5) is 9.94. The zero-order valence-corrected chi connectivity index (χ0v) is 13.7. The molecule has 0 amide bonds. The maximum atomic E-state index is 5.73. The van der Waals surface area contributed by atoms with Gasteiger partial charge in [0.1, 0.15) is 5.75 Å². The summed E-state index contributed by atoms with van der Waals surface area (Å²) in [5, 5.41) is 3.38. The van der Waals surface area contributed by atoms with Crippen LogP contribution in [0.1, 0.15) is 30.1 Å². The number of nitrogens with zero attached hydrogens (tertiary/aromatic N) is 2. The van der Waals surface area contributed by atoms with Crippen molar-refractivity contribution in [2.45, 2.75) is 33.7 Å². The zero-order chi connectivity index (χ0) is 15.1. The van der Waals surface area contributed by atoms with Crippen LogP contribution in [0.25, 0.3) is 0 Å². The molecule has 21 heavy (non-hydrogen) atoms. The highest BCUT2D eigenvalue weighted by molar-refractivity contribution is 7.09. The number of pyridine rings is 1. The van der Waals surface area contributed by atoms with Crippen LogP contribution in [0.15, 0.2) is 23.8 Å². The summed E-state index contributed by atoms with van der Waals surface area (Å²) < 4.78 is 5.73. The molecular formula is C16H23N3OS. The summed E-state index contributed by atoms with van der Waals surface area (Å²) in [5.74, 6) is 1.48. The number of thiazole rings is 1. The molecule has 0 fully saturated rings. The van der Waals surface area contributed by atoms with Crippen molar-refractivity contribution in [3.8, 4) is 5.75 Å². The fraction of sp³-hybridized carbons (Fsp3) is 0.500. The van der Waals surface area contributed by atoms with Crippen molar-refractivity contribution in [1.82, 2.24) is 15.3 Å². The molecule has 0 bridgehead atoms. The van der Waals surface area contributed by atoms with Crippen LogP contribution in [-0.2, 0) is 13.0 Å². The molecule has 2 aromatic heterocycles. The molecular weight excluding hydrogens is 282 g/mol. The fourth-order valence-corrected chi connectivity index (χ4v) is 2.68. The molecule has 114 valence electrons. The van der Waals surface area contributed by atoms with Crippen LogP contribution >= 0.6 is 11.3 Å². The average Bonchev–Trinajstić information content (AvgIpc) is 2.86. The van der Waals surface area contributed by atoms with Gasteiger partial charge in [-0.25, -0.2) is 4.98 Å². The SMILES string of the molecule is Cc1ncsc1CCOc1ccc(CNCC(C)C)nc1. The molecule has 0 spiro atoms. The monoisotopic (exact) mass is 305 g/mol. The standard InChI is InChI=1S/C16H23N3OS/c1-12(2)8-17-9-14-4-5-15(10-18-14)20-7-6-16-13(3)19-11-21-16/h4-5,10-12,17H,6-9H2,1-3H3. The van der Waals surface area contributed by atoms with Gasteiger partial charge in [0, 0.05) is 17.8 Å². The van der Waals surface area contributed by atoms with E-state index >= 15 is 0 Å². The maximum absolute atomic E-state index is 5.73. The van der Waals surface area contributed by atoms with Crippen molar-refractivity contribution in [1.29, 1.82) is 0 Å². The minimum Gasteiger partial charge on any atom is -0.492 e. The largest absolute Gasteiger partial charge is 0.492 e. The van der Waals surface area contributed by atoms with Crippen molar-refractivity contribution in [2.24, 2.45) is 5.92 Å². The number of nitrogens with one attached hydrogen (secondary N) is 1. The van der Waals surface area contributed by atoms with Gasteiger partial charge >= 0.3 is 0 Å². The van der Waals surface area contributed by atoms with E-state index in [1.807, 2.05) is 24.6 Å². The first kappa shape index (κ1) is 15.9. The molecule has 2 rings (SSSR count). The quantitative estimate of drug-likeness (QED) is 0.813. The van der Waals surface area contributed by atoms with Crippen LogP contribution in [0.4, 0.5) is 0 Å². The van der Waals surface area contributed by atoms with Crippen LogP contribution in [0.5, 0.6) is 5.75 Å². The van der Waals surface area contributed by atoms with Gasteiger partial charge in [0.05, 0.1) is 29.7 Å². The van der Waals surface area contributed by atoms with E-state index < -0.39 is 0 Å². The summed E-state index contributed by atoms with van der Waals surface area (Å²) in [6.45, 7) is 8.90. The number of ether oxygens (including phenoxy) is 1. The third-order valence-corrected chi connectivity index (χ3v) is 4.09. The van der Waals surface area contributed by atoms with Crippen LogP contribution in [0.3, 0.4) is 0 Å². The van der Waals surface area contributed by atoms with Crippen LogP contribution in [0.2, 0.25) is 0 Å². The first-order valence-electron chi connectivity index (χ1n) is 7.32. The molecule has 0 aliphatic rings. The summed E-state index contributed by atoms with van der Waals surface area (Å²) in [6.07, 6.45) is 2.69. The molecule has 0 saturated carbocycles. The van der Waals surface area contributed by atoms with Gasteiger partial charge in [-0.05, 0) is 31.5 Å². The van der Waals surface area contributed by atoms with Crippen molar-refractivity contribution < 1.29 is 4.74 Å². The molecule has 0 aromatic carbocycles. The second-order valence-corrected chi connectivity index (χ2v) is 6.41. The van der Waals surface area contributed by atoms with E-state index in [1.165, 1.54) is 4.88 Å². The molecule has 0 saturated heterocycles. The Labute approximate surface area is 130 Å². The van der Waals surface area contributed by atoms with E-state index in [9.17, 15) is 0 Å². The van der Waals surface area contributed by atoms with Crippen molar-refractivity contribution >= 4 is 11.3 Å². The second kappa shape index (κ2) is 8.10. The van der Waals surface area contributed by atoms with E-state index in [2.05, 4.69) is 29.1 Å². The van der Waals surface area contributed by atoms with Gasteiger partial charge in [-0.3, -0.25) is 4.98 Å². The Morgan fingerprint density at radius 2 is 2.14 bits per heavy atom. The minimum absolute atomic E-state index is 0.655. The van der Waals surface area contributed by atoms with E-state index in [0.29, 0.717) is 12.5 Å². The van der Waals surface area contributed by atoms with Gasteiger partial charge in [0.2, 0.25) is 0 Å². The Morgan fingerprint density at radius 3 is 2.76 bits per heavy atom. The van der Waals surface area contributed by atoms with E-state index in [4.69, 9.17) is 4.74 Å². The maximum Gasteiger partial charge on any atom is 0.137 e. The summed E-state index contributed by atoms with van der Waals surface area (Å²) in [6, 6.07) is 4.00. The lowest BCUT2D eigenvalue weighted by molar-refractivity contribution is 0.321. The highest BCUT2D eigenvalue weighted by Crippen LogP contribution is 2.14. The first-order chi connectivity index (χ1) is 10.1. The Hall–Kier alpha value is -1.46. The number of hydrogen-bond acceptors (Lipinski definition) is 5. The molecule has 0 atom stereocenters. The Bertz CT molecular complexity index is 537. The minimum atomic E-state index is 0.655. The van der Waals surface area contributed by atoms with Gasteiger partial charge in [0.15, 0.2) is 0 Å². The molecule has 5 heteroatoms. The predicted octanol–water partition coefficient (Wildman–Crippen LogP) is 3.21. The van der Waals surface area contributed by atoms with Crippen LogP contribution in [-0.4, -0.2) is 23.1 Å². The Balaban J connectivity index is 1.73. The highest BCUT2D eigenvalue weighted by Gasteiger charge is 2.02. The predicted molar refractivity (Wildman–Crippen MR) is 86.8 cm³/mol. The highest BCUT2D eigenvalue weighted by atomic mass is 32.1. The van der Waals surface area contributed by atoms with Gasteiger partial charge in [-0.15, -0.1) is 11.3 Å². The lowest BCUT2D eigenvalue weighted by atomic mass is 10.2. The third-order valence-electron chi connectivity index (χ3n) is 3.10. The molecule has 0 aliphatic heterocycles. The smallest absolute Gasteiger partial charge is 0.137 e. The van der Waals surface area contributed by atoms with Crippen molar-refractivity contribution in [3.05, 3.63) is 40.1 Å².